The number of nitrogens with one attached hydrogen (secondary N) is 1. The van der Waals surface area contributed by atoms with Gasteiger partial charge in [0.2, 0.25) is 0 Å². The lowest BCUT2D eigenvalue weighted by Gasteiger charge is -2.18. The van der Waals surface area contributed by atoms with Crippen LogP contribution >= 0.6 is 0 Å². The van der Waals surface area contributed by atoms with Crippen molar-refractivity contribution in [2.24, 2.45) is 0 Å². The summed E-state index contributed by atoms with van der Waals surface area (Å²) in [6.45, 7) is 4.17. The third kappa shape index (κ3) is 4.87. The number of hydrogen-bond acceptors (Lipinski definition) is 5. The Morgan fingerprint density at radius 1 is 1.00 bits per heavy atom. The first-order chi connectivity index (χ1) is 10.8. The molecule has 0 aliphatic carbocycles. The zero-order valence-corrected chi connectivity index (χ0v) is 13.3. The van der Waals surface area contributed by atoms with Crippen LogP contribution in [0.3, 0.4) is 0 Å². The van der Waals surface area contributed by atoms with Crippen LogP contribution in [0, 0.1) is 6.92 Å². The maximum absolute atomic E-state index is 10.1. The van der Waals surface area contributed by atoms with Crippen LogP contribution in [-0.4, -0.2) is 33.0 Å². The molecule has 124 valence electrons. The third-order valence-electron chi connectivity index (χ3n) is 3.77. The van der Waals surface area contributed by atoms with E-state index in [1.165, 1.54) is 18.2 Å². The fourth-order valence-electron chi connectivity index (χ4n) is 2.51. The van der Waals surface area contributed by atoms with Gasteiger partial charge in [-0.15, -0.1) is 0 Å². The van der Waals surface area contributed by atoms with Crippen LogP contribution in [0.2, 0.25) is 0 Å². The topological polar surface area (TPSA) is 93.0 Å². The molecule has 0 unspecified atom stereocenters. The second-order valence-electron chi connectivity index (χ2n) is 5.93. The predicted molar refractivity (Wildman–Crippen MR) is 88.7 cm³/mol. The van der Waals surface area contributed by atoms with Gasteiger partial charge in [0.25, 0.3) is 0 Å². The van der Waals surface area contributed by atoms with E-state index < -0.39 is 6.10 Å². The molecule has 5 nitrogen and oxygen atoms in total. The molecule has 2 atom stereocenters. The molecule has 0 fully saturated rings. The van der Waals surface area contributed by atoms with Crippen molar-refractivity contribution in [3.8, 4) is 17.2 Å². The number of phenols is 3. The Hall–Kier alpha value is -2.24. The monoisotopic (exact) mass is 317 g/mol. The molecule has 5 heteroatoms. The summed E-state index contributed by atoms with van der Waals surface area (Å²) in [5.74, 6) is 0.131. The highest BCUT2D eigenvalue weighted by Crippen LogP contribution is 2.24. The summed E-state index contributed by atoms with van der Waals surface area (Å²) in [6.07, 6.45) is -0.0592. The molecular formula is C18H23NO4. The van der Waals surface area contributed by atoms with E-state index in [9.17, 15) is 20.4 Å². The lowest BCUT2D eigenvalue weighted by atomic mass is 10.0. The van der Waals surface area contributed by atoms with Crippen LogP contribution in [0.25, 0.3) is 0 Å². The highest BCUT2D eigenvalue weighted by atomic mass is 16.3. The average molecular weight is 317 g/mol. The van der Waals surface area contributed by atoms with Crippen LogP contribution in [-0.2, 0) is 6.42 Å². The molecule has 0 bridgehead atoms. The molecule has 23 heavy (non-hydrogen) atoms. The summed E-state index contributed by atoms with van der Waals surface area (Å²) in [5, 5.41) is 41.8. The third-order valence-corrected chi connectivity index (χ3v) is 3.77. The molecular weight excluding hydrogens is 294 g/mol. The van der Waals surface area contributed by atoms with E-state index >= 15 is 0 Å². The van der Waals surface area contributed by atoms with Crippen LogP contribution in [0.1, 0.15) is 29.7 Å². The van der Waals surface area contributed by atoms with Crippen molar-refractivity contribution in [3.63, 3.8) is 0 Å². The number of rotatable bonds is 6. The molecule has 0 saturated heterocycles. The quantitative estimate of drug-likeness (QED) is 0.564. The van der Waals surface area contributed by atoms with Crippen molar-refractivity contribution in [3.05, 3.63) is 53.1 Å². The summed E-state index contributed by atoms with van der Waals surface area (Å²) in [5.41, 5.74) is 2.40. The first-order valence-electron chi connectivity index (χ1n) is 7.58. The van der Waals surface area contributed by atoms with E-state index in [0.717, 1.165) is 17.5 Å². The maximum Gasteiger partial charge on any atom is 0.119 e. The molecule has 0 heterocycles. The standard InChI is InChI=1S/C18H23NO4/c1-11-5-13(3-4-17(11)22)6-12(2)19-10-18(23)14-7-15(20)9-16(21)8-14/h3-5,7-9,12,18-23H,6,10H2,1-2H3/t12-,18+/m0/s1. The molecule has 2 rings (SSSR count). The summed E-state index contributed by atoms with van der Waals surface area (Å²) in [4.78, 5) is 0. The van der Waals surface area contributed by atoms with Crippen LogP contribution in [0.15, 0.2) is 36.4 Å². The van der Waals surface area contributed by atoms with Crippen molar-refractivity contribution >= 4 is 0 Å². The number of phenolic OH excluding ortho intramolecular Hbond substituents is 3. The highest BCUT2D eigenvalue weighted by molar-refractivity contribution is 5.38. The SMILES string of the molecule is Cc1cc(C[C@H](C)NC[C@@H](O)c2cc(O)cc(O)c2)ccc1O. The van der Waals surface area contributed by atoms with Gasteiger partial charge in [0.1, 0.15) is 17.2 Å². The molecule has 2 aromatic carbocycles. The molecule has 0 aliphatic heterocycles. The predicted octanol–water partition coefficient (Wildman–Crippen LogP) is 2.37. The fourth-order valence-corrected chi connectivity index (χ4v) is 2.51. The Bertz CT molecular complexity index is 652. The number of aryl methyl sites for hydroxylation is 1. The Balaban J connectivity index is 1.90. The number of hydrogen-bond donors (Lipinski definition) is 5. The first-order valence-corrected chi connectivity index (χ1v) is 7.58. The van der Waals surface area contributed by atoms with Gasteiger partial charge in [-0.05, 0) is 55.2 Å². The average Bonchev–Trinajstić information content (AvgIpc) is 2.47. The van der Waals surface area contributed by atoms with Crippen molar-refractivity contribution < 1.29 is 20.4 Å². The van der Waals surface area contributed by atoms with Gasteiger partial charge < -0.3 is 25.7 Å². The summed E-state index contributed by atoms with van der Waals surface area (Å²) < 4.78 is 0. The van der Waals surface area contributed by atoms with Gasteiger partial charge in [-0.3, -0.25) is 0 Å². The van der Waals surface area contributed by atoms with Gasteiger partial charge in [-0.25, -0.2) is 0 Å². The van der Waals surface area contributed by atoms with Crippen molar-refractivity contribution in [1.82, 2.24) is 5.32 Å². The molecule has 0 saturated carbocycles. The molecule has 2 aromatic rings. The van der Waals surface area contributed by atoms with Crippen molar-refractivity contribution in [1.29, 1.82) is 0 Å². The number of benzene rings is 2. The largest absolute Gasteiger partial charge is 0.508 e. The van der Waals surface area contributed by atoms with E-state index in [0.29, 0.717) is 12.1 Å². The molecule has 0 amide bonds. The van der Waals surface area contributed by atoms with Gasteiger partial charge >= 0.3 is 0 Å². The van der Waals surface area contributed by atoms with Gasteiger partial charge in [-0.2, -0.15) is 0 Å². The summed E-state index contributed by atoms with van der Waals surface area (Å²) in [7, 11) is 0. The first kappa shape index (κ1) is 17.1. The lowest BCUT2D eigenvalue weighted by molar-refractivity contribution is 0.170. The van der Waals surface area contributed by atoms with Crippen molar-refractivity contribution in [2.75, 3.05) is 6.54 Å². The highest BCUT2D eigenvalue weighted by Gasteiger charge is 2.12. The maximum atomic E-state index is 10.1. The van der Waals surface area contributed by atoms with E-state index in [2.05, 4.69) is 5.32 Å². The van der Waals surface area contributed by atoms with Gasteiger partial charge in [0, 0.05) is 18.7 Å². The molecule has 5 N–H and O–H groups in total. The van der Waals surface area contributed by atoms with Gasteiger partial charge in [0.15, 0.2) is 0 Å². The second-order valence-corrected chi connectivity index (χ2v) is 5.93. The van der Waals surface area contributed by atoms with Gasteiger partial charge in [0.05, 0.1) is 6.10 Å². The minimum absolute atomic E-state index is 0.0772. The van der Waals surface area contributed by atoms with E-state index in [4.69, 9.17) is 0 Å². The lowest BCUT2D eigenvalue weighted by Crippen LogP contribution is -2.32. The molecule has 0 aromatic heterocycles. The fraction of sp³-hybridized carbons (Fsp3) is 0.333. The van der Waals surface area contributed by atoms with Gasteiger partial charge in [-0.1, -0.05) is 12.1 Å². The zero-order chi connectivity index (χ0) is 17.0. The van der Waals surface area contributed by atoms with E-state index in [1.807, 2.05) is 26.0 Å². The number of aliphatic hydroxyl groups is 1. The summed E-state index contributed by atoms with van der Waals surface area (Å²) in [6, 6.07) is 9.71. The van der Waals surface area contributed by atoms with Crippen LogP contribution in [0.5, 0.6) is 17.2 Å². The Labute approximate surface area is 135 Å². The van der Waals surface area contributed by atoms with E-state index in [1.54, 1.807) is 6.07 Å². The molecule has 0 aliphatic rings. The minimum atomic E-state index is -0.822. The zero-order valence-electron chi connectivity index (χ0n) is 13.3. The smallest absolute Gasteiger partial charge is 0.119 e. The number of aliphatic hydroxyl groups excluding tert-OH is 1. The normalized spacial score (nSPS) is 13.7. The molecule has 0 spiro atoms. The Morgan fingerprint density at radius 2 is 1.65 bits per heavy atom. The summed E-state index contributed by atoms with van der Waals surface area (Å²) >= 11 is 0. The second kappa shape index (κ2) is 7.35. The number of aromatic hydroxyl groups is 3. The Kier molecular flexibility index (Phi) is 5.47. The molecule has 0 radical (unpaired) electrons. The van der Waals surface area contributed by atoms with Crippen LogP contribution in [0.4, 0.5) is 0 Å². The minimum Gasteiger partial charge on any atom is -0.508 e. The van der Waals surface area contributed by atoms with E-state index in [-0.39, 0.29) is 23.3 Å². The van der Waals surface area contributed by atoms with Crippen LogP contribution < -0.4 is 5.32 Å². The Morgan fingerprint density at radius 3 is 2.26 bits per heavy atom. The van der Waals surface area contributed by atoms with Crippen molar-refractivity contribution in [2.45, 2.75) is 32.4 Å².